The van der Waals surface area contributed by atoms with E-state index in [9.17, 15) is 8.42 Å². The van der Waals surface area contributed by atoms with Gasteiger partial charge in [-0.3, -0.25) is 0 Å². The highest BCUT2D eigenvalue weighted by Crippen LogP contribution is 2.13. The maximum absolute atomic E-state index is 11.5. The average molecular weight is 337 g/mol. The zero-order valence-corrected chi connectivity index (χ0v) is 13.7. The molecule has 2 heterocycles. The molecule has 0 aliphatic heterocycles. The maximum Gasteiger partial charge on any atom is 0.278 e. The molecule has 0 saturated heterocycles. The van der Waals surface area contributed by atoms with E-state index in [1.54, 1.807) is 12.3 Å². The second-order valence-electron chi connectivity index (χ2n) is 4.74. The molecule has 2 aromatic rings. The number of hydrogen-bond acceptors (Lipinski definition) is 7. The van der Waals surface area contributed by atoms with E-state index < -0.39 is 10.2 Å². The number of nitrogens with zero attached hydrogens (tertiary/aromatic N) is 4. The summed E-state index contributed by atoms with van der Waals surface area (Å²) in [5, 5.41) is 6.08. The lowest BCUT2D eigenvalue weighted by molar-refractivity contribution is 0.507. The summed E-state index contributed by atoms with van der Waals surface area (Å²) in [5.41, 5.74) is 0. The molecule has 0 aliphatic rings. The molecule has 0 spiro atoms. The quantitative estimate of drug-likeness (QED) is 0.599. The first kappa shape index (κ1) is 17.1. The number of rotatable bonds is 8. The molecule has 0 atom stereocenters. The molecule has 124 valence electrons. The van der Waals surface area contributed by atoms with Crippen LogP contribution in [0.25, 0.3) is 0 Å². The van der Waals surface area contributed by atoms with E-state index in [-0.39, 0.29) is 6.54 Å². The Morgan fingerprint density at radius 2 is 1.83 bits per heavy atom. The van der Waals surface area contributed by atoms with Crippen molar-refractivity contribution in [2.75, 3.05) is 37.8 Å². The van der Waals surface area contributed by atoms with Crippen LogP contribution in [0.15, 0.2) is 36.8 Å². The molecule has 0 unspecified atom stereocenters. The van der Waals surface area contributed by atoms with Crippen molar-refractivity contribution in [3.05, 3.63) is 36.8 Å². The van der Waals surface area contributed by atoms with Gasteiger partial charge in [0.2, 0.25) is 0 Å². The molecule has 2 aromatic heterocycles. The second kappa shape index (κ2) is 7.81. The summed E-state index contributed by atoms with van der Waals surface area (Å²) in [4.78, 5) is 12.3. The van der Waals surface area contributed by atoms with Crippen LogP contribution in [0, 0.1) is 0 Å². The van der Waals surface area contributed by atoms with Gasteiger partial charge < -0.3 is 10.6 Å². The highest BCUT2D eigenvalue weighted by molar-refractivity contribution is 7.87. The van der Waals surface area contributed by atoms with Crippen LogP contribution in [0.2, 0.25) is 0 Å². The summed E-state index contributed by atoms with van der Waals surface area (Å²) in [7, 11) is -0.476. The maximum atomic E-state index is 11.5. The summed E-state index contributed by atoms with van der Waals surface area (Å²) in [6.07, 6.45) is 3.09. The van der Waals surface area contributed by atoms with Gasteiger partial charge in [0.15, 0.2) is 0 Å². The van der Waals surface area contributed by atoms with E-state index in [2.05, 4.69) is 30.3 Å². The first-order chi connectivity index (χ1) is 11.0. The fourth-order valence-corrected chi connectivity index (χ4v) is 2.21. The van der Waals surface area contributed by atoms with Crippen molar-refractivity contribution in [1.82, 2.24) is 24.0 Å². The van der Waals surface area contributed by atoms with Crippen molar-refractivity contribution in [1.29, 1.82) is 0 Å². The Morgan fingerprint density at radius 1 is 1.04 bits per heavy atom. The highest BCUT2D eigenvalue weighted by atomic mass is 32.2. The van der Waals surface area contributed by atoms with Gasteiger partial charge in [0.25, 0.3) is 10.2 Å². The normalized spacial score (nSPS) is 11.4. The van der Waals surface area contributed by atoms with Gasteiger partial charge in [0, 0.05) is 39.4 Å². The molecule has 0 radical (unpaired) electrons. The summed E-state index contributed by atoms with van der Waals surface area (Å²) in [5.74, 6) is 1.86. The molecule has 23 heavy (non-hydrogen) atoms. The first-order valence-electron chi connectivity index (χ1n) is 6.88. The van der Waals surface area contributed by atoms with Gasteiger partial charge in [-0.15, -0.1) is 0 Å². The minimum absolute atomic E-state index is 0.244. The van der Waals surface area contributed by atoms with Gasteiger partial charge in [-0.05, 0) is 12.1 Å². The Bertz CT molecular complexity index is 722. The predicted octanol–water partition coefficient (Wildman–Crippen LogP) is 0.423. The van der Waals surface area contributed by atoms with Crippen LogP contribution < -0.4 is 15.4 Å². The van der Waals surface area contributed by atoms with E-state index in [4.69, 9.17) is 0 Å². The number of aromatic nitrogens is 3. The van der Waals surface area contributed by atoms with Crippen molar-refractivity contribution >= 4 is 27.7 Å². The summed E-state index contributed by atoms with van der Waals surface area (Å²) in [6, 6.07) is 7.24. The molecule has 10 heteroatoms. The first-order valence-corrected chi connectivity index (χ1v) is 8.32. The van der Waals surface area contributed by atoms with Crippen LogP contribution in [0.4, 0.5) is 17.5 Å². The fraction of sp³-hybridized carbons (Fsp3) is 0.308. The smallest absolute Gasteiger partial charge is 0.278 e. The van der Waals surface area contributed by atoms with Gasteiger partial charge in [-0.1, -0.05) is 6.07 Å². The summed E-state index contributed by atoms with van der Waals surface area (Å²) >= 11 is 0. The topological polar surface area (TPSA) is 112 Å². The highest BCUT2D eigenvalue weighted by Gasteiger charge is 2.11. The summed E-state index contributed by atoms with van der Waals surface area (Å²) < 4.78 is 26.7. The molecule has 0 amide bonds. The molecule has 3 N–H and O–H groups in total. The van der Waals surface area contributed by atoms with Gasteiger partial charge >= 0.3 is 0 Å². The lowest BCUT2D eigenvalue weighted by Gasteiger charge is -2.13. The third-order valence-corrected chi connectivity index (χ3v) is 4.31. The largest absolute Gasteiger partial charge is 0.369 e. The van der Waals surface area contributed by atoms with Crippen molar-refractivity contribution < 1.29 is 8.42 Å². The Balaban J connectivity index is 1.86. The Labute approximate surface area is 135 Å². The van der Waals surface area contributed by atoms with Gasteiger partial charge in [0.05, 0.1) is 0 Å². The zero-order valence-electron chi connectivity index (χ0n) is 12.9. The van der Waals surface area contributed by atoms with Crippen LogP contribution in [-0.4, -0.2) is 54.9 Å². The van der Waals surface area contributed by atoms with Gasteiger partial charge in [0.1, 0.15) is 23.8 Å². The van der Waals surface area contributed by atoms with Crippen LogP contribution in [-0.2, 0) is 10.2 Å². The van der Waals surface area contributed by atoms with Crippen molar-refractivity contribution in [3.63, 3.8) is 0 Å². The molecule has 0 aliphatic carbocycles. The number of pyridine rings is 1. The number of nitrogens with one attached hydrogen (secondary N) is 3. The molecular weight excluding hydrogens is 318 g/mol. The van der Waals surface area contributed by atoms with Crippen molar-refractivity contribution in [3.8, 4) is 0 Å². The van der Waals surface area contributed by atoms with Crippen molar-refractivity contribution in [2.45, 2.75) is 0 Å². The van der Waals surface area contributed by atoms with Crippen LogP contribution in [0.5, 0.6) is 0 Å². The van der Waals surface area contributed by atoms with Crippen LogP contribution in [0.1, 0.15) is 0 Å². The minimum atomic E-state index is -3.41. The van der Waals surface area contributed by atoms with Gasteiger partial charge in [-0.25, -0.2) is 19.7 Å². The Hall–Kier alpha value is -2.30. The second-order valence-corrected chi connectivity index (χ2v) is 6.71. The molecular formula is C13H19N7O2S. The third-order valence-electron chi connectivity index (χ3n) is 2.78. The molecule has 2 rings (SSSR count). The zero-order chi connectivity index (χ0) is 16.7. The van der Waals surface area contributed by atoms with Crippen molar-refractivity contribution in [2.24, 2.45) is 0 Å². The molecule has 0 aromatic carbocycles. The fourth-order valence-electron chi connectivity index (χ4n) is 1.59. The molecule has 0 bridgehead atoms. The lowest BCUT2D eigenvalue weighted by atomic mass is 10.4. The van der Waals surface area contributed by atoms with E-state index in [0.717, 1.165) is 4.31 Å². The lowest BCUT2D eigenvalue weighted by Crippen LogP contribution is -2.38. The molecule has 0 saturated carbocycles. The van der Waals surface area contributed by atoms with Crippen LogP contribution in [0.3, 0.4) is 0 Å². The summed E-state index contributed by atoms with van der Waals surface area (Å²) in [6.45, 7) is 0.640. The Morgan fingerprint density at radius 3 is 2.52 bits per heavy atom. The van der Waals surface area contributed by atoms with E-state index in [1.807, 2.05) is 18.2 Å². The SMILES string of the molecule is CN(C)S(=O)(=O)NCCNc1cc(Nc2ccccn2)ncn1. The average Bonchev–Trinajstić information content (AvgIpc) is 2.53. The van der Waals surface area contributed by atoms with Crippen LogP contribution >= 0.6 is 0 Å². The predicted molar refractivity (Wildman–Crippen MR) is 88.7 cm³/mol. The van der Waals surface area contributed by atoms with E-state index in [0.29, 0.717) is 24.0 Å². The van der Waals surface area contributed by atoms with E-state index in [1.165, 1.54) is 20.4 Å². The standard InChI is InChI=1S/C13H19N7O2S/c1-20(2)23(21,22)18-8-7-15-12-9-13(17-10-16-12)19-11-5-3-4-6-14-11/h3-6,9-10,18H,7-8H2,1-2H3,(H2,14,15,16,17,19). The number of hydrogen-bond donors (Lipinski definition) is 3. The minimum Gasteiger partial charge on any atom is -0.369 e. The van der Waals surface area contributed by atoms with E-state index >= 15 is 0 Å². The molecule has 9 nitrogen and oxygen atoms in total. The molecule has 0 fully saturated rings. The monoisotopic (exact) mass is 337 g/mol. The van der Waals surface area contributed by atoms with Gasteiger partial charge in [-0.2, -0.15) is 12.7 Å². The Kier molecular flexibility index (Phi) is 5.79. The number of anilines is 3. The third kappa shape index (κ3) is 5.43.